The summed E-state index contributed by atoms with van der Waals surface area (Å²) in [5, 5.41) is 0. The number of rotatable bonds is 24. The van der Waals surface area contributed by atoms with E-state index in [9.17, 15) is 73.1 Å². The molecule has 0 radical (unpaired) electrons. The number of fused-ring (bicyclic) bond motifs is 18. The highest BCUT2D eigenvalue weighted by Crippen LogP contribution is 2.71. The molecule has 12 rings (SSSR count). The third-order valence-corrected chi connectivity index (χ3v) is 32.6. The van der Waals surface area contributed by atoms with Gasteiger partial charge >= 0.3 is 60.3 Å². The second-order valence-corrected chi connectivity index (χ2v) is 41.6. The van der Waals surface area contributed by atoms with Crippen LogP contribution in [-0.4, -0.2) is 99.5 Å². The third kappa shape index (κ3) is 23.3. The molecule has 23 heteroatoms. The minimum absolute atomic E-state index is 0.00699. The van der Waals surface area contributed by atoms with Crippen molar-refractivity contribution in [3.05, 3.63) is 0 Å². The highest BCUT2D eigenvalue weighted by Gasteiger charge is 2.69. The lowest BCUT2D eigenvalue weighted by Gasteiger charge is -2.46. The van der Waals surface area contributed by atoms with Crippen molar-refractivity contribution in [1.82, 2.24) is 0 Å². The fraction of sp³-hybridized carbons (Fsp3) is 0.927. The summed E-state index contributed by atoms with van der Waals surface area (Å²) in [7, 11) is 0. The summed E-state index contributed by atoms with van der Waals surface area (Å²) in [4.78, 5) is 83.1. The number of alkyl halides is 9. The highest BCUT2D eigenvalue weighted by atomic mass is 19.4. The summed E-state index contributed by atoms with van der Waals surface area (Å²) in [5.41, 5.74) is -10.1. The Morgan fingerprint density at radius 3 is 1.13 bits per heavy atom. The summed E-state index contributed by atoms with van der Waals surface area (Å²) >= 11 is 0. The van der Waals surface area contributed by atoms with E-state index in [1.54, 1.807) is 27.7 Å². The molecule has 0 N–H and O–H groups in total. The zero-order valence-corrected chi connectivity index (χ0v) is 77.8. The number of halogens is 9. The molecule has 12 fully saturated rings. The molecule has 0 heterocycles. The van der Waals surface area contributed by atoms with Gasteiger partial charge in [0, 0.05) is 11.8 Å². The Balaban J connectivity index is 0.000000216. The van der Waals surface area contributed by atoms with Crippen LogP contribution < -0.4 is 0 Å². The van der Waals surface area contributed by atoms with Crippen molar-refractivity contribution in [3.8, 4) is 0 Å². The Morgan fingerprint density at radius 2 is 0.748 bits per heavy atom. The Bertz CT molecular complexity index is 3340. The van der Waals surface area contributed by atoms with E-state index in [0.717, 1.165) is 157 Å². The van der Waals surface area contributed by atoms with E-state index in [1.165, 1.54) is 138 Å². The maximum Gasteiger partial charge on any atom is 0.404 e. The van der Waals surface area contributed by atoms with Crippen LogP contribution in [-0.2, 0) is 66.7 Å². The number of esters is 7. The second-order valence-electron chi connectivity index (χ2n) is 41.6. The van der Waals surface area contributed by atoms with Gasteiger partial charge in [0.2, 0.25) is 0 Å². The van der Waals surface area contributed by atoms with Gasteiger partial charge in [-0.15, -0.1) is 0 Å². The standard InChI is InChI=1S/C19H30O2.C17H28O2.C14H24O2.C13H22O2.C12H19F3O2.C11H19F3O2.C10H17F3O2/c1-4-11(3)18(20)21-19(5-2)10-14-9-15(19)17-13-7-6-12(8-13)16(14)17;1-4-11(3)16(18)19-17(5-2)10-12-9-15(17)14-8-6-7-13(12)14;1-4-10(3)13(15)16-14(5-2)9-11-6-7-12(14)8-11;1-4-9(2)12(14)15-13(3)8-10-5-6-11(13)7-10;1-4-11(3,12(13,14)15)9(16)17-10(2)7-5-6-8-10;1-6-9(3,4)16-8(15)10(5,7-2)11(12,13)14;1-6-9(5,10(11,12)13)7(14)15-8(2,3)4/h11-17H,4-10H2,1-3H3;11-15H,4-10H2,1-3H3;10-12H,4-9H2,1-3H3;9-11H,4-8H2,1-3H3;4-8H2,1-3H3;6-7H2,1-5H3;6H2,1-5H3. The Labute approximate surface area is 710 Å². The summed E-state index contributed by atoms with van der Waals surface area (Å²) in [6.45, 7) is 42.9. The van der Waals surface area contributed by atoms with Gasteiger partial charge in [0.15, 0.2) is 16.2 Å². The molecule has 0 aliphatic heterocycles. The van der Waals surface area contributed by atoms with Crippen molar-refractivity contribution < 1.29 is 106 Å². The van der Waals surface area contributed by atoms with E-state index in [2.05, 4.69) is 41.5 Å². The van der Waals surface area contributed by atoms with Crippen LogP contribution in [0, 0.1) is 123 Å². The highest BCUT2D eigenvalue weighted by molar-refractivity contribution is 5.79. The maximum absolute atomic E-state index is 12.9. The first kappa shape index (κ1) is 103. The predicted octanol–water partition coefficient (Wildman–Crippen LogP) is 26.2. The molecule has 12 aliphatic rings. The molecule has 0 aromatic heterocycles. The number of hydrogen-bond acceptors (Lipinski definition) is 14. The lowest BCUT2D eigenvalue weighted by molar-refractivity contribution is -0.238. The first-order valence-corrected chi connectivity index (χ1v) is 46.8. The van der Waals surface area contributed by atoms with Crippen molar-refractivity contribution >= 4 is 41.8 Å². The van der Waals surface area contributed by atoms with Crippen LogP contribution in [0.3, 0.4) is 0 Å². The van der Waals surface area contributed by atoms with Crippen LogP contribution in [0.5, 0.6) is 0 Å². The molecule has 0 saturated heterocycles. The van der Waals surface area contributed by atoms with Crippen LogP contribution >= 0.6 is 0 Å². The van der Waals surface area contributed by atoms with Gasteiger partial charge in [0.05, 0.1) is 23.7 Å². The minimum Gasteiger partial charge on any atom is -0.459 e. The topological polar surface area (TPSA) is 184 Å². The number of hydrogen-bond donors (Lipinski definition) is 0. The van der Waals surface area contributed by atoms with E-state index < -0.39 is 69.5 Å². The molecule has 25 unspecified atom stereocenters. The fourth-order valence-electron chi connectivity index (χ4n) is 22.5. The van der Waals surface area contributed by atoms with Crippen molar-refractivity contribution in [2.75, 3.05) is 0 Å². The van der Waals surface area contributed by atoms with Crippen molar-refractivity contribution in [1.29, 1.82) is 0 Å². The average molecular weight is 1710 g/mol. The molecule has 12 aliphatic carbocycles. The monoisotopic (exact) mass is 1710 g/mol. The van der Waals surface area contributed by atoms with E-state index in [4.69, 9.17) is 33.2 Å². The smallest absolute Gasteiger partial charge is 0.404 e. The molecular formula is C96H159F9O14. The molecule has 14 nitrogen and oxygen atoms in total. The van der Waals surface area contributed by atoms with Gasteiger partial charge < -0.3 is 33.2 Å². The summed E-state index contributed by atoms with van der Waals surface area (Å²) < 4.78 is 153. The molecule has 12 saturated carbocycles. The summed E-state index contributed by atoms with van der Waals surface area (Å²) in [6, 6.07) is 0. The van der Waals surface area contributed by atoms with Crippen molar-refractivity contribution in [2.24, 2.45) is 123 Å². The van der Waals surface area contributed by atoms with Crippen LogP contribution in [0.2, 0.25) is 0 Å². The van der Waals surface area contributed by atoms with Crippen LogP contribution in [0.15, 0.2) is 0 Å². The maximum atomic E-state index is 12.9. The molecule has 0 amide bonds. The zero-order chi connectivity index (χ0) is 90.2. The molecular weight excluding hydrogens is 1550 g/mol. The van der Waals surface area contributed by atoms with Crippen molar-refractivity contribution in [2.45, 2.75) is 443 Å². The van der Waals surface area contributed by atoms with Gasteiger partial charge in [0.1, 0.15) is 39.2 Å². The normalized spacial score (nSPS) is 34.3. The number of ether oxygens (including phenoxy) is 7. The van der Waals surface area contributed by atoms with Crippen LogP contribution in [0.4, 0.5) is 39.5 Å². The average Bonchev–Trinajstić information content (AvgIpc) is 1.54. The first-order chi connectivity index (χ1) is 54.9. The summed E-state index contributed by atoms with van der Waals surface area (Å²) in [6.07, 6.45) is 19.1. The SMILES string of the molecule is CCC(C)(C(=O)OC(C)(C)C)C(F)(F)F.CCC(C)(C(=O)OC1(C)CCCC1)C(F)(F)F.CCC(C)(C)OC(=O)C(C)(CC)C(F)(F)F.CCC(C)C(=O)OC1(C)CC2CCC1C2.CCC(C)C(=O)OC1(CC)CC2CC1C1C3CCC(C3)C21.CCC(C)C(=O)OC1(CC)CC2CC1C1CCCC21.CCC(C)C(=O)OC1(CC)CC2CCC1C2. The van der Waals surface area contributed by atoms with Gasteiger partial charge in [0.25, 0.3) is 0 Å². The number of carbonyl (C=O) groups excluding carboxylic acids is 7. The second kappa shape index (κ2) is 40.5. The molecule has 0 spiro atoms. The van der Waals surface area contributed by atoms with E-state index in [1.807, 2.05) is 41.5 Å². The lowest BCUT2D eigenvalue weighted by atomic mass is 9.65. The van der Waals surface area contributed by atoms with Crippen LogP contribution in [0.25, 0.3) is 0 Å². The predicted molar refractivity (Wildman–Crippen MR) is 444 cm³/mol. The third-order valence-electron chi connectivity index (χ3n) is 32.6. The largest absolute Gasteiger partial charge is 0.459 e. The van der Waals surface area contributed by atoms with E-state index >= 15 is 0 Å². The molecule has 0 aromatic carbocycles. The van der Waals surface area contributed by atoms with E-state index in [-0.39, 0.29) is 89.2 Å². The van der Waals surface area contributed by atoms with Gasteiger partial charge in [-0.25, -0.2) is 0 Å². The van der Waals surface area contributed by atoms with Gasteiger partial charge in [-0.3, -0.25) is 33.6 Å². The minimum atomic E-state index is -4.58. The Kier molecular flexibility index (Phi) is 35.2. The van der Waals surface area contributed by atoms with Crippen LogP contribution in [0.1, 0.15) is 385 Å². The Morgan fingerprint density at radius 1 is 0.361 bits per heavy atom. The quantitative estimate of drug-likeness (QED) is 0.0385. The summed E-state index contributed by atoms with van der Waals surface area (Å²) in [5.74, 6) is 8.51. The lowest BCUT2D eigenvalue weighted by Crippen LogP contribution is -2.48. The van der Waals surface area contributed by atoms with Gasteiger partial charge in [-0.1, -0.05) is 110 Å². The molecule has 119 heavy (non-hydrogen) atoms. The van der Waals surface area contributed by atoms with E-state index in [0.29, 0.717) is 42.9 Å². The number of carbonyl (C=O) groups is 7. The Hall–Kier alpha value is -4.34. The zero-order valence-electron chi connectivity index (χ0n) is 77.8. The van der Waals surface area contributed by atoms with Crippen molar-refractivity contribution in [3.63, 3.8) is 0 Å². The van der Waals surface area contributed by atoms with Gasteiger partial charge in [-0.05, 0) is 346 Å². The van der Waals surface area contributed by atoms with Gasteiger partial charge in [-0.2, -0.15) is 39.5 Å². The fourth-order valence-corrected chi connectivity index (χ4v) is 22.5. The molecule has 25 atom stereocenters. The molecule has 0 aromatic rings. The molecule has 690 valence electrons. The molecule has 10 bridgehead atoms. The first-order valence-electron chi connectivity index (χ1n) is 46.8.